The molecule has 0 fully saturated rings. The van der Waals surface area contributed by atoms with Gasteiger partial charge in [-0.25, -0.2) is 9.78 Å². The van der Waals surface area contributed by atoms with Crippen LogP contribution in [-0.4, -0.2) is 18.1 Å². The Kier molecular flexibility index (Phi) is 4.29. The lowest BCUT2D eigenvalue weighted by atomic mass is 10.2. The first-order valence-corrected chi connectivity index (χ1v) is 6.57. The number of methoxy groups -OCH3 is 1. The fourth-order valence-electron chi connectivity index (χ4n) is 1.47. The molecule has 2 aromatic rings. The van der Waals surface area contributed by atoms with Gasteiger partial charge in [0.1, 0.15) is 5.03 Å². The largest absolute Gasteiger partial charge is 0.465 e. The number of pyridine rings is 1. The van der Waals surface area contributed by atoms with Crippen LogP contribution in [0.1, 0.15) is 10.4 Å². The molecule has 2 rings (SSSR count). The van der Waals surface area contributed by atoms with Gasteiger partial charge in [-0.15, -0.1) is 0 Å². The van der Waals surface area contributed by atoms with Gasteiger partial charge in [-0.2, -0.15) is 0 Å². The summed E-state index contributed by atoms with van der Waals surface area (Å²) in [6.07, 6.45) is 1.54. The lowest BCUT2D eigenvalue weighted by Gasteiger charge is -2.09. The van der Waals surface area contributed by atoms with Crippen LogP contribution < -0.4 is 5.73 Å². The van der Waals surface area contributed by atoms with E-state index in [2.05, 4.69) is 4.98 Å². The average Bonchev–Trinajstić information content (AvgIpc) is 2.42. The number of hydrogen-bond acceptors (Lipinski definition) is 5. The number of aromatic nitrogens is 1. The predicted molar refractivity (Wildman–Crippen MR) is 75.6 cm³/mol. The van der Waals surface area contributed by atoms with Crippen LogP contribution >= 0.6 is 23.4 Å². The Morgan fingerprint density at radius 3 is 2.79 bits per heavy atom. The first-order chi connectivity index (χ1) is 9.11. The minimum atomic E-state index is -0.427. The molecule has 1 heterocycles. The maximum atomic E-state index is 11.7. The van der Waals surface area contributed by atoms with Crippen LogP contribution in [0.4, 0.5) is 5.69 Å². The van der Waals surface area contributed by atoms with Crippen molar-refractivity contribution in [2.24, 2.45) is 0 Å². The van der Waals surface area contributed by atoms with Crippen LogP contribution in [0, 0.1) is 0 Å². The fraction of sp³-hybridized carbons (Fsp3) is 0.0769. The van der Waals surface area contributed by atoms with Crippen molar-refractivity contribution in [3.63, 3.8) is 0 Å². The normalized spacial score (nSPS) is 10.2. The smallest absolute Gasteiger partial charge is 0.339 e. The van der Waals surface area contributed by atoms with Crippen molar-refractivity contribution < 1.29 is 9.53 Å². The molecule has 6 heteroatoms. The second-order valence-corrected chi connectivity index (χ2v) is 5.10. The highest BCUT2D eigenvalue weighted by molar-refractivity contribution is 7.99. The van der Waals surface area contributed by atoms with Gasteiger partial charge in [0.25, 0.3) is 0 Å². The van der Waals surface area contributed by atoms with E-state index in [1.807, 2.05) is 0 Å². The van der Waals surface area contributed by atoms with Gasteiger partial charge in [0.05, 0.1) is 22.6 Å². The van der Waals surface area contributed by atoms with Gasteiger partial charge >= 0.3 is 5.97 Å². The number of halogens is 1. The zero-order valence-corrected chi connectivity index (χ0v) is 11.7. The van der Waals surface area contributed by atoms with Crippen molar-refractivity contribution in [1.29, 1.82) is 0 Å². The van der Waals surface area contributed by atoms with E-state index in [4.69, 9.17) is 22.1 Å². The van der Waals surface area contributed by atoms with E-state index in [1.54, 1.807) is 36.5 Å². The van der Waals surface area contributed by atoms with Crippen molar-refractivity contribution in [2.75, 3.05) is 12.8 Å². The Balaban J connectivity index is 2.38. The fourth-order valence-corrected chi connectivity index (χ4v) is 2.48. The van der Waals surface area contributed by atoms with E-state index in [-0.39, 0.29) is 0 Å². The molecule has 1 aromatic heterocycles. The topological polar surface area (TPSA) is 65.2 Å². The number of esters is 1. The van der Waals surface area contributed by atoms with E-state index < -0.39 is 5.97 Å². The molecular formula is C13H11ClN2O2S. The number of ether oxygens (including phenoxy) is 1. The second-order valence-electron chi connectivity index (χ2n) is 3.63. The average molecular weight is 295 g/mol. The van der Waals surface area contributed by atoms with Crippen LogP contribution in [0.25, 0.3) is 0 Å². The maximum Gasteiger partial charge on any atom is 0.339 e. The molecule has 0 radical (unpaired) electrons. The minimum Gasteiger partial charge on any atom is -0.465 e. The molecule has 0 atom stereocenters. The Hall–Kier alpha value is -1.72. The quantitative estimate of drug-likeness (QED) is 0.695. The Labute approximate surface area is 119 Å². The third-order valence-electron chi connectivity index (χ3n) is 2.36. The Morgan fingerprint density at radius 1 is 1.37 bits per heavy atom. The van der Waals surface area contributed by atoms with E-state index >= 15 is 0 Å². The van der Waals surface area contributed by atoms with Crippen LogP contribution in [0.15, 0.2) is 46.5 Å². The van der Waals surface area contributed by atoms with Crippen LogP contribution in [-0.2, 0) is 4.74 Å². The summed E-state index contributed by atoms with van der Waals surface area (Å²) in [6.45, 7) is 0. The molecule has 0 aliphatic heterocycles. The summed E-state index contributed by atoms with van der Waals surface area (Å²) >= 11 is 7.08. The summed E-state index contributed by atoms with van der Waals surface area (Å²) in [7, 11) is 1.33. The van der Waals surface area contributed by atoms with E-state index in [0.29, 0.717) is 26.2 Å². The third kappa shape index (κ3) is 3.19. The minimum absolute atomic E-state index is 0.421. The van der Waals surface area contributed by atoms with Gasteiger partial charge in [-0.1, -0.05) is 29.4 Å². The lowest BCUT2D eigenvalue weighted by molar-refractivity contribution is 0.0597. The van der Waals surface area contributed by atoms with Gasteiger partial charge in [-0.3, -0.25) is 0 Å². The summed E-state index contributed by atoms with van der Waals surface area (Å²) in [5.41, 5.74) is 6.83. The monoisotopic (exact) mass is 294 g/mol. The lowest BCUT2D eigenvalue weighted by Crippen LogP contribution is -2.05. The molecule has 0 bridgehead atoms. The summed E-state index contributed by atoms with van der Waals surface area (Å²) in [6, 6.07) is 8.60. The first kappa shape index (κ1) is 13.7. The molecule has 19 heavy (non-hydrogen) atoms. The van der Waals surface area contributed by atoms with Crippen molar-refractivity contribution in [3.05, 3.63) is 47.1 Å². The number of nitrogens with zero attached hydrogens (tertiary/aromatic N) is 1. The SMILES string of the molecule is COC(=O)c1cccc(N)c1Sc1ccc(Cl)cn1. The Morgan fingerprint density at radius 2 is 2.16 bits per heavy atom. The van der Waals surface area contributed by atoms with Crippen molar-refractivity contribution in [2.45, 2.75) is 9.92 Å². The molecular weight excluding hydrogens is 284 g/mol. The van der Waals surface area contributed by atoms with Gasteiger partial charge in [0, 0.05) is 11.9 Å². The zero-order chi connectivity index (χ0) is 13.8. The molecule has 0 saturated heterocycles. The number of carbonyl (C=O) groups is 1. The van der Waals surface area contributed by atoms with Crippen molar-refractivity contribution in [3.8, 4) is 0 Å². The molecule has 0 aliphatic rings. The molecule has 0 aliphatic carbocycles. The molecule has 2 N–H and O–H groups in total. The highest BCUT2D eigenvalue weighted by Gasteiger charge is 2.15. The molecule has 0 spiro atoms. The number of anilines is 1. The third-order valence-corrected chi connectivity index (χ3v) is 3.69. The summed E-state index contributed by atoms with van der Waals surface area (Å²) in [5.74, 6) is -0.427. The predicted octanol–water partition coefficient (Wildman–Crippen LogP) is 3.26. The molecule has 0 amide bonds. The summed E-state index contributed by atoms with van der Waals surface area (Å²) in [4.78, 5) is 16.5. The van der Waals surface area contributed by atoms with Crippen LogP contribution in [0.5, 0.6) is 0 Å². The van der Waals surface area contributed by atoms with Crippen molar-refractivity contribution in [1.82, 2.24) is 4.98 Å². The maximum absolute atomic E-state index is 11.7. The first-order valence-electron chi connectivity index (χ1n) is 5.38. The Bertz CT molecular complexity index is 602. The van der Waals surface area contributed by atoms with E-state index in [1.165, 1.54) is 18.9 Å². The number of benzene rings is 1. The van der Waals surface area contributed by atoms with Crippen LogP contribution in [0.3, 0.4) is 0 Å². The summed E-state index contributed by atoms with van der Waals surface area (Å²) < 4.78 is 4.74. The molecule has 1 aromatic carbocycles. The molecule has 0 saturated carbocycles. The highest BCUT2D eigenvalue weighted by Crippen LogP contribution is 2.34. The number of nitrogen functional groups attached to an aromatic ring is 1. The molecule has 98 valence electrons. The van der Waals surface area contributed by atoms with Crippen LogP contribution in [0.2, 0.25) is 5.02 Å². The van der Waals surface area contributed by atoms with E-state index in [0.717, 1.165) is 0 Å². The van der Waals surface area contributed by atoms with Gasteiger partial charge < -0.3 is 10.5 Å². The number of rotatable bonds is 3. The van der Waals surface area contributed by atoms with E-state index in [9.17, 15) is 4.79 Å². The summed E-state index contributed by atoms with van der Waals surface area (Å²) in [5, 5.41) is 1.26. The van der Waals surface area contributed by atoms with Gasteiger partial charge in [-0.05, 0) is 24.3 Å². The highest BCUT2D eigenvalue weighted by atomic mass is 35.5. The second kappa shape index (κ2) is 5.95. The molecule has 4 nitrogen and oxygen atoms in total. The van der Waals surface area contributed by atoms with Gasteiger partial charge in [0.15, 0.2) is 0 Å². The van der Waals surface area contributed by atoms with Gasteiger partial charge in [0.2, 0.25) is 0 Å². The number of nitrogens with two attached hydrogens (primary N) is 1. The number of carbonyl (C=O) groups excluding carboxylic acids is 1. The standard InChI is InChI=1S/C13H11ClN2O2S/c1-18-13(17)9-3-2-4-10(15)12(9)19-11-6-5-8(14)7-16-11/h2-7H,15H2,1H3. The molecule has 0 unspecified atom stereocenters. The van der Waals surface area contributed by atoms with Crippen molar-refractivity contribution >= 4 is 35.0 Å². The zero-order valence-electron chi connectivity index (χ0n) is 10.1. The number of hydrogen-bond donors (Lipinski definition) is 1.